The maximum atomic E-state index is 12.6. The first-order valence-electron chi connectivity index (χ1n) is 10.9. The quantitative estimate of drug-likeness (QED) is 0.363. The molecule has 0 saturated carbocycles. The number of amides is 2. The molecule has 2 amide bonds. The van der Waals surface area contributed by atoms with Gasteiger partial charge in [-0.15, -0.1) is 0 Å². The summed E-state index contributed by atoms with van der Waals surface area (Å²) in [5.41, 5.74) is 6.77. The molecule has 4 rings (SSSR count). The molecule has 4 N–H and O–H groups in total. The first-order valence-corrected chi connectivity index (χ1v) is 11.7. The van der Waals surface area contributed by atoms with Crippen LogP contribution in [0.3, 0.4) is 0 Å². The average Bonchev–Trinajstić information content (AvgIpc) is 3.28. The van der Waals surface area contributed by atoms with Crippen LogP contribution in [0.5, 0.6) is 0 Å². The maximum absolute atomic E-state index is 12.6. The number of carbonyl (C=O) groups excluding carboxylic acids is 2. The van der Waals surface area contributed by atoms with E-state index in [0.717, 1.165) is 30.4 Å². The molecule has 178 valence electrons. The molecular formula is C23H25Cl2N7O2. The van der Waals surface area contributed by atoms with Crippen LogP contribution in [-0.4, -0.2) is 40.1 Å². The molecule has 3 heterocycles. The van der Waals surface area contributed by atoms with Gasteiger partial charge in [-0.2, -0.15) is 5.10 Å². The summed E-state index contributed by atoms with van der Waals surface area (Å²) in [7, 11) is 0. The highest BCUT2D eigenvalue weighted by atomic mass is 35.5. The Morgan fingerprint density at radius 2 is 1.82 bits per heavy atom. The lowest BCUT2D eigenvalue weighted by Gasteiger charge is -2.31. The SMILES string of the molecule is CC1CCN(c2ccc(CNNC(=O)c3[nH]ncc3NC(=O)c3c(Cl)cccc3Cl)cn2)CC1. The van der Waals surface area contributed by atoms with Crippen molar-refractivity contribution in [1.82, 2.24) is 26.0 Å². The molecule has 1 aromatic carbocycles. The highest BCUT2D eigenvalue weighted by Crippen LogP contribution is 2.26. The van der Waals surface area contributed by atoms with Crippen LogP contribution in [0, 0.1) is 5.92 Å². The third-order valence-electron chi connectivity index (χ3n) is 5.72. The number of anilines is 2. The molecule has 1 fully saturated rings. The van der Waals surface area contributed by atoms with Crippen LogP contribution in [0.1, 0.15) is 46.2 Å². The number of benzene rings is 1. The summed E-state index contributed by atoms with van der Waals surface area (Å²) in [5.74, 6) is 0.690. The zero-order chi connectivity index (χ0) is 24.1. The van der Waals surface area contributed by atoms with Gasteiger partial charge in [-0.25, -0.2) is 10.4 Å². The molecule has 0 radical (unpaired) electrons. The number of halogens is 2. The number of piperidine rings is 1. The second kappa shape index (κ2) is 10.9. The van der Waals surface area contributed by atoms with Gasteiger partial charge in [-0.1, -0.05) is 42.3 Å². The van der Waals surface area contributed by atoms with Gasteiger partial charge in [0.05, 0.1) is 27.5 Å². The van der Waals surface area contributed by atoms with Crippen LogP contribution >= 0.6 is 23.2 Å². The van der Waals surface area contributed by atoms with Crippen LogP contribution < -0.4 is 21.1 Å². The number of hydrogen-bond donors (Lipinski definition) is 4. The van der Waals surface area contributed by atoms with E-state index in [1.54, 1.807) is 24.4 Å². The van der Waals surface area contributed by atoms with Gasteiger partial charge < -0.3 is 10.2 Å². The maximum Gasteiger partial charge on any atom is 0.285 e. The molecule has 0 spiro atoms. The number of H-pyrrole nitrogens is 1. The number of aromatic amines is 1. The topological polar surface area (TPSA) is 115 Å². The normalized spacial score (nSPS) is 14.1. The number of carbonyl (C=O) groups is 2. The number of rotatable bonds is 7. The van der Waals surface area contributed by atoms with Crippen LogP contribution in [-0.2, 0) is 6.54 Å². The Bertz CT molecular complexity index is 1140. The monoisotopic (exact) mass is 501 g/mol. The van der Waals surface area contributed by atoms with E-state index in [1.807, 2.05) is 12.1 Å². The Kier molecular flexibility index (Phi) is 7.66. The summed E-state index contributed by atoms with van der Waals surface area (Å²) in [6.07, 6.45) is 5.49. The summed E-state index contributed by atoms with van der Waals surface area (Å²) in [6, 6.07) is 8.74. The Hall–Kier alpha value is -3.14. The Balaban J connectivity index is 1.30. The highest BCUT2D eigenvalue weighted by Gasteiger charge is 2.20. The van der Waals surface area contributed by atoms with E-state index in [1.165, 1.54) is 19.0 Å². The fourth-order valence-electron chi connectivity index (χ4n) is 3.69. The Morgan fingerprint density at radius 1 is 1.09 bits per heavy atom. The zero-order valence-corrected chi connectivity index (χ0v) is 20.1. The van der Waals surface area contributed by atoms with E-state index in [0.29, 0.717) is 6.54 Å². The molecule has 0 bridgehead atoms. The van der Waals surface area contributed by atoms with Gasteiger partial charge in [0, 0.05) is 25.8 Å². The molecule has 3 aromatic rings. The number of hydrogen-bond acceptors (Lipinski definition) is 6. The Morgan fingerprint density at radius 3 is 2.50 bits per heavy atom. The third-order valence-corrected chi connectivity index (χ3v) is 6.35. The van der Waals surface area contributed by atoms with Crippen molar-refractivity contribution in [2.75, 3.05) is 23.3 Å². The Labute approximate surface area is 207 Å². The van der Waals surface area contributed by atoms with Crippen LogP contribution in [0.15, 0.2) is 42.7 Å². The van der Waals surface area contributed by atoms with Crippen molar-refractivity contribution in [2.45, 2.75) is 26.3 Å². The van der Waals surface area contributed by atoms with Crippen LogP contribution in [0.2, 0.25) is 10.0 Å². The van der Waals surface area contributed by atoms with Crippen LogP contribution in [0.25, 0.3) is 0 Å². The van der Waals surface area contributed by atoms with Gasteiger partial charge in [0.15, 0.2) is 0 Å². The first kappa shape index (κ1) is 24.0. The molecule has 1 aliphatic rings. The van der Waals surface area contributed by atoms with Crippen molar-refractivity contribution in [2.24, 2.45) is 5.92 Å². The average molecular weight is 502 g/mol. The molecule has 9 nitrogen and oxygen atoms in total. The lowest BCUT2D eigenvalue weighted by molar-refractivity contribution is 0.0928. The number of hydrazine groups is 1. The minimum Gasteiger partial charge on any atom is -0.357 e. The van der Waals surface area contributed by atoms with Gasteiger partial charge in [0.25, 0.3) is 11.8 Å². The van der Waals surface area contributed by atoms with Gasteiger partial charge in [-0.05, 0) is 42.5 Å². The van der Waals surface area contributed by atoms with Crippen molar-refractivity contribution in [1.29, 1.82) is 0 Å². The molecule has 1 saturated heterocycles. The van der Waals surface area contributed by atoms with Crippen LogP contribution in [0.4, 0.5) is 11.5 Å². The largest absolute Gasteiger partial charge is 0.357 e. The van der Waals surface area contributed by atoms with E-state index in [9.17, 15) is 9.59 Å². The minimum atomic E-state index is -0.548. The molecule has 0 unspecified atom stereocenters. The molecular weight excluding hydrogens is 477 g/mol. The van der Waals surface area contributed by atoms with E-state index in [2.05, 4.69) is 43.2 Å². The lowest BCUT2D eigenvalue weighted by Crippen LogP contribution is -2.37. The number of nitrogens with zero attached hydrogens (tertiary/aromatic N) is 3. The van der Waals surface area contributed by atoms with Gasteiger partial charge in [0.2, 0.25) is 0 Å². The van der Waals surface area contributed by atoms with Crippen molar-refractivity contribution >= 4 is 46.5 Å². The molecule has 11 heteroatoms. The summed E-state index contributed by atoms with van der Waals surface area (Å²) < 4.78 is 0. The molecule has 0 aliphatic carbocycles. The zero-order valence-electron chi connectivity index (χ0n) is 18.6. The van der Waals surface area contributed by atoms with E-state index in [-0.39, 0.29) is 27.0 Å². The van der Waals surface area contributed by atoms with Crippen molar-refractivity contribution in [3.8, 4) is 0 Å². The summed E-state index contributed by atoms with van der Waals surface area (Å²) in [5, 5.41) is 9.46. The second-order valence-electron chi connectivity index (χ2n) is 8.21. The lowest BCUT2D eigenvalue weighted by atomic mass is 9.99. The van der Waals surface area contributed by atoms with Gasteiger partial charge >= 0.3 is 0 Å². The summed E-state index contributed by atoms with van der Waals surface area (Å²) >= 11 is 12.2. The van der Waals surface area contributed by atoms with Crippen molar-refractivity contribution in [3.63, 3.8) is 0 Å². The number of nitrogens with one attached hydrogen (secondary N) is 4. The van der Waals surface area contributed by atoms with E-state index in [4.69, 9.17) is 23.2 Å². The highest BCUT2D eigenvalue weighted by molar-refractivity contribution is 6.40. The van der Waals surface area contributed by atoms with Gasteiger partial charge in [-0.3, -0.25) is 20.1 Å². The third kappa shape index (κ3) is 5.67. The smallest absolute Gasteiger partial charge is 0.285 e. The van der Waals surface area contributed by atoms with E-state index >= 15 is 0 Å². The predicted molar refractivity (Wildman–Crippen MR) is 132 cm³/mol. The first-order chi connectivity index (χ1) is 16.4. The molecule has 1 aliphatic heterocycles. The van der Waals surface area contributed by atoms with Crippen molar-refractivity contribution < 1.29 is 9.59 Å². The van der Waals surface area contributed by atoms with Gasteiger partial charge in [0.1, 0.15) is 11.5 Å². The molecule has 2 aromatic heterocycles. The predicted octanol–water partition coefficient (Wildman–Crippen LogP) is 4.03. The number of pyridine rings is 1. The fourth-order valence-corrected chi connectivity index (χ4v) is 4.26. The fraction of sp³-hybridized carbons (Fsp3) is 0.304. The molecule has 34 heavy (non-hydrogen) atoms. The summed E-state index contributed by atoms with van der Waals surface area (Å²) in [4.78, 5) is 32.0. The van der Waals surface area contributed by atoms with E-state index < -0.39 is 11.8 Å². The summed E-state index contributed by atoms with van der Waals surface area (Å²) in [6.45, 7) is 4.70. The number of aromatic nitrogens is 3. The standard InChI is InChI=1S/C23H25Cl2N7O2/c1-14-7-9-32(10-8-14)19-6-5-15(11-26-19)12-27-31-23(34)21-18(13-28-30-21)29-22(33)20-16(24)3-2-4-17(20)25/h2-6,11,13-14,27H,7-10,12H2,1H3,(H,28,30)(H,29,33)(H,31,34). The van der Waals surface area contributed by atoms with Crippen molar-refractivity contribution in [3.05, 3.63) is 69.6 Å². The molecule has 0 atom stereocenters. The second-order valence-corrected chi connectivity index (χ2v) is 9.03. The minimum absolute atomic E-state index is 0.0804.